The van der Waals surface area contributed by atoms with Gasteiger partial charge >= 0.3 is 0 Å². The van der Waals surface area contributed by atoms with Crippen molar-refractivity contribution in [3.63, 3.8) is 0 Å². The highest BCUT2D eigenvalue weighted by atomic mass is 35.5. The lowest BCUT2D eigenvalue weighted by Crippen LogP contribution is -2.40. The summed E-state index contributed by atoms with van der Waals surface area (Å²) in [7, 11) is 0. The molecule has 1 aromatic carbocycles. The van der Waals surface area contributed by atoms with Crippen molar-refractivity contribution < 1.29 is 4.79 Å². The molecular weight excluding hydrogens is 322 g/mol. The molecule has 0 saturated carbocycles. The Morgan fingerprint density at radius 3 is 2.83 bits per heavy atom. The molecule has 1 fully saturated rings. The predicted molar refractivity (Wildman–Crippen MR) is 98.2 cm³/mol. The lowest BCUT2D eigenvalue weighted by molar-refractivity contribution is -0.129. The zero-order chi connectivity index (χ0) is 17.7. The van der Waals surface area contributed by atoms with Crippen LogP contribution in [0.3, 0.4) is 0 Å². The van der Waals surface area contributed by atoms with Gasteiger partial charge in [0, 0.05) is 37.8 Å². The van der Waals surface area contributed by atoms with E-state index in [4.69, 9.17) is 16.9 Å². The summed E-state index contributed by atoms with van der Waals surface area (Å²) in [6, 6.07) is 8.04. The third-order valence-corrected chi connectivity index (χ3v) is 4.92. The Bertz CT molecular complexity index is 624. The number of benzene rings is 1. The second-order valence-corrected chi connectivity index (χ2v) is 7.19. The second kappa shape index (κ2) is 8.39. The predicted octanol–water partition coefficient (Wildman–Crippen LogP) is 4.08. The number of nitrogens with zero attached hydrogens (tertiary/aromatic N) is 3. The Morgan fingerprint density at radius 2 is 2.25 bits per heavy atom. The van der Waals surface area contributed by atoms with Gasteiger partial charge in [-0.2, -0.15) is 5.26 Å². The molecule has 0 aliphatic carbocycles. The highest BCUT2D eigenvalue weighted by molar-refractivity contribution is 6.32. The number of halogens is 1. The van der Waals surface area contributed by atoms with Gasteiger partial charge in [0.2, 0.25) is 5.91 Å². The third kappa shape index (κ3) is 4.42. The van der Waals surface area contributed by atoms with Gasteiger partial charge in [-0.3, -0.25) is 4.79 Å². The molecule has 1 aliphatic heterocycles. The maximum atomic E-state index is 12.0. The van der Waals surface area contributed by atoms with E-state index in [2.05, 4.69) is 24.8 Å². The van der Waals surface area contributed by atoms with Gasteiger partial charge in [0.25, 0.3) is 0 Å². The number of anilines is 1. The molecule has 1 unspecified atom stereocenters. The summed E-state index contributed by atoms with van der Waals surface area (Å²) in [6.45, 7) is 8.85. The molecule has 0 spiro atoms. The van der Waals surface area contributed by atoms with Crippen LogP contribution in [0.2, 0.25) is 5.02 Å². The van der Waals surface area contributed by atoms with Gasteiger partial charge in [-0.25, -0.2) is 0 Å². The monoisotopic (exact) mass is 347 g/mol. The minimum atomic E-state index is 0.221. The first-order valence-electron chi connectivity index (χ1n) is 8.70. The van der Waals surface area contributed by atoms with E-state index in [1.165, 1.54) is 0 Å². The van der Waals surface area contributed by atoms with Crippen molar-refractivity contribution >= 4 is 23.2 Å². The number of rotatable bonds is 6. The van der Waals surface area contributed by atoms with E-state index >= 15 is 0 Å². The summed E-state index contributed by atoms with van der Waals surface area (Å²) >= 11 is 6.23. The number of likely N-dealkylation sites (tertiary alicyclic amines) is 1. The van der Waals surface area contributed by atoms with Gasteiger partial charge in [0.1, 0.15) is 6.07 Å². The lowest BCUT2D eigenvalue weighted by Gasteiger charge is -2.32. The van der Waals surface area contributed by atoms with Crippen molar-refractivity contribution in [3.05, 3.63) is 28.8 Å². The maximum Gasteiger partial charge on any atom is 0.222 e. The van der Waals surface area contributed by atoms with E-state index < -0.39 is 0 Å². The van der Waals surface area contributed by atoms with Crippen LogP contribution in [-0.4, -0.2) is 36.5 Å². The second-order valence-electron chi connectivity index (χ2n) is 6.79. The molecule has 0 bridgehead atoms. The molecule has 0 radical (unpaired) electrons. The Kier molecular flexibility index (Phi) is 6.51. The maximum absolute atomic E-state index is 12.0. The van der Waals surface area contributed by atoms with Crippen LogP contribution >= 0.6 is 11.6 Å². The zero-order valence-corrected chi connectivity index (χ0v) is 15.5. The summed E-state index contributed by atoms with van der Waals surface area (Å²) in [5, 5.41) is 9.56. The molecule has 130 valence electrons. The number of carbonyl (C=O) groups excluding carboxylic acids is 1. The fraction of sp³-hybridized carbons (Fsp3) is 0.579. The lowest BCUT2D eigenvalue weighted by atomic mass is 10.1. The smallest absolute Gasteiger partial charge is 0.222 e. The Hall–Kier alpha value is -1.73. The van der Waals surface area contributed by atoms with E-state index in [0.717, 1.165) is 38.2 Å². The Labute approximate surface area is 150 Å². The highest BCUT2D eigenvalue weighted by Crippen LogP contribution is 2.28. The molecular formula is C19H26ClN3O. The van der Waals surface area contributed by atoms with Crippen molar-refractivity contribution in [2.45, 2.75) is 46.1 Å². The van der Waals surface area contributed by atoms with Crippen LogP contribution in [0.15, 0.2) is 18.2 Å². The van der Waals surface area contributed by atoms with Crippen LogP contribution in [0.5, 0.6) is 0 Å². The summed E-state index contributed by atoms with van der Waals surface area (Å²) in [6.07, 6.45) is 2.61. The SMILES string of the molecule is CCC(=O)N1CCC(N(CCC(C)C)c2ccc(C#N)c(Cl)c2)C1. The molecule has 0 N–H and O–H groups in total. The summed E-state index contributed by atoms with van der Waals surface area (Å²) < 4.78 is 0. The van der Waals surface area contributed by atoms with Gasteiger partial charge in [-0.05, 0) is 37.0 Å². The molecule has 2 rings (SSSR count). The number of carbonyl (C=O) groups is 1. The average Bonchev–Trinajstić information content (AvgIpc) is 3.04. The largest absolute Gasteiger partial charge is 0.367 e. The Balaban J connectivity index is 2.21. The van der Waals surface area contributed by atoms with Gasteiger partial charge in [0.05, 0.1) is 10.6 Å². The van der Waals surface area contributed by atoms with Crippen molar-refractivity contribution in [1.29, 1.82) is 5.26 Å². The molecule has 1 amide bonds. The van der Waals surface area contributed by atoms with E-state index in [-0.39, 0.29) is 5.91 Å². The van der Waals surface area contributed by atoms with Gasteiger partial charge < -0.3 is 9.80 Å². The summed E-state index contributed by atoms with van der Waals surface area (Å²) in [4.78, 5) is 16.3. The van der Waals surface area contributed by atoms with Gasteiger partial charge in [-0.15, -0.1) is 0 Å². The van der Waals surface area contributed by atoms with Crippen LogP contribution in [-0.2, 0) is 4.79 Å². The van der Waals surface area contributed by atoms with Crippen LogP contribution in [0.25, 0.3) is 0 Å². The number of amides is 1. The quantitative estimate of drug-likeness (QED) is 0.779. The normalized spacial score (nSPS) is 17.2. The molecule has 0 aromatic heterocycles. The average molecular weight is 348 g/mol. The van der Waals surface area contributed by atoms with Crippen LogP contribution in [0, 0.1) is 17.2 Å². The molecule has 1 saturated heterocycles. The first-order chi connectivity index (χ1) is 11.5. The van der Waals surface area contributed by atoms with Crippen molar-refractivity contribution in [3.8, 4) is 6.07 Å². The first-order valence-corrected chi connectivity index (χ1v) is 9.08. The number of hydrogen-bond acceptors (Lipinski definition) is 3. The highest BCUT2D eigenvalue weighted by Gasteiger charge is 2.30. The molecule has 4 nitrogen and oxygen atoms in total. The van der Waals surface area contributed by atoms with Crippen molar-refractivity contribution in [1.82, 2.24) is 4.90 Å². The van der Waals surface area contributed by atoms with Crippen LogP contribution < -0.4 is 4.90 Å². The minimum absolute atomic E-state index is 0.221. The van der Waals surface area contributed by atoms with E-state index in [0.29, 0.717) is 29.0 Å². The summed E-state index contributed by atoms with van der Waals surface area (Å²) in [5.74, 6) is 0.829. The van der Waals surface area contributed by atoms with Gasteiger partial charge in [0.15, 0.2) is 0 Å². The molecule has 1 atom stereocenters. The summed E-state index contributed by atoms with van der Waals surface area (Å²) in [5.41, 5.74) is 1.54. The fourth-order valence-electron chi connectivity index (χ4n) is 3.14. The number of hydrogen-bond donors (Lipinski definition) is 0. The van der Waals surface area contributed by atoms with E-state index in [1.807, 2.05) is 24.0 Å². The van der Waals surface area contributed by atoms with Crippen LogP contribution in [0.1, 0.15) is 45.6 Å². The van der Waals surface area contributed by atoms with Gasteiger partial charge in [-0.1, -0.05) is 32.4 Å². The zero-order valence-electron chi connectivity index (χ0n) is 14.8. The Morgan fingerprint density at radius 1 is 1.50 bits per heavy atom. The molecule has 1 aromatic rings. The minimum Gasteiger partial charge on any atom is -0.367 e. The fourth-order valence-corrected chi connectivity index (χ4v) is 3.36. The standard InChI is InChI=1S/C19H26ClN3O/c1-4-19(24)22-9-8-17(13-22)23(10-7-14(2)3)16-6-5-15(12-21)18(20)11-16/h5-6,11,14,17H,4,7-10,13H2,1-3H3. The molecule has 5 heteroatoms. The molecule has 1 aliphatic rings. The van der Waals surface area contributed by atoms with E-state index in [9.17, 15) is 4.79 Å². The van der Waals surface area contributed by atoms with Crippen molar-refractivity contribution in [2.24, 2.45) is 5.92 Å². The van der Waals surface area contributed by atoms with E-state index in [1.54, 1.807) is 6.07 Å². The number of nitriles is 1. The molecule has 24 heavy (non-hydrogen) atoms. The van der Waals surface area contributed by atoms with Crippen LogP contribution in [0.4, 0.5) is 5.69 Å². The third-order valence-electron chi connectivity index (χ3n) is 4.61. The topological polar surface area (TPSA) is 47.3 Å². The van der Waals surface area contributed by atoms with Crippen molar-refractivity contribution in [2.75, 3.05) is 24.5 Å². The molecule has 1 heterocycles. The first kappa shape index (κ1) is 18.6.